The van der Waals surface area contributed by atoms with Gasteiger partial charge < -0.3 is 10.6 Å². The van der Waals surface area contributed by atoms with Crippen LogP contribution in [0.2, 0.25) is 10.0 Å². The molecule has 27 heavy (non-hydrogen) atoms. The van der Waals surface area contributed by atoms with E-state index in [1.54, 1.807) is 42.6 Å². The normalized spacial score (nSPS) is 15.8. The van der Waals surface area contributed by atoms with Gasteiger partial charge in [-0.25, -0.2) is 4.68 Å². The summed E-state index contributed by atoms with van der Waals surface area (Å²) in [7, 11) is 0. The molecule has 0 radical (unpaired) electrons. The number of hydrogen-bond donors (Lipinski definition) is 2. The number of fused-ring (bicyclic) bond motifs is 1. The number of anilines is 2. The molecule has 3 aromatic rings. The number of rotatable bonds is 3. The minimum absolute atomic E-state index is 0.00890. The van der Waals surface area contributed by atoms with Crippen LogP contribution >= 0.6 is 23.2 Å². The maximum absolute atomic E-state index is 12.8. The molecule has 0 saturated carbocycles. The summed E-state index contributed by atoms with van der Waals surface area (Å²) in [5.41, 5.74) is 2.05. The highest BCUT2D eigenvalue weighted by Crippen LogP contribution is 2.35. The highest BCUT2D eigenvalue weighted by Gasteiger charge is 2.33. The van der Waals surface area contributed by atoms with Gasteiger partial charge in [-0.3, -0.25) is 9.59 Å². The van der Waals surface area contributed by atoms with Crippen molar-refractivity contribution in [2.24, 2.45) is 0 Å². The van der Waals surface area contributed by atoms with Gasteiger partial charge in [-0.2, -0.15) is 5.10 Å². The summed E-state index contributed by atoms with van der Waals surface area (Å²) in [4.78, 5) is 25.0. The number of nitrogens with one attached hydrogen (secondary N) is 2. The molecule has 2 N–H and O–H groups in total. The number of para-hydroxylation sites is 1. The zero-order valence-electron chi connectivity index (χ0n) is 13.9. The van der Waals surface area contributed by atoms with Crippen LogP contribution in [0.15, 0.2) is 54.7 Å². The average molecular weight is 401 g/mol. The lowest BCUT2D eigenvalue weighted by molar-refractivity contribution is -0.125. The van der Waals surface area contributed by atoms with Gasteiger partial charge in [-0.1, -0.05) is 47.5 Å². The van der Waals surface area contributed by atoms with Gasteiger partial charge in [0.2, 0.25) is 11.8 Å². The molecular weight excluding hydrogens is 387 g/mol. The second-order valence-electron chi connectivity index (χ2n) is 6.10. The second kappa shape index (κ2) is 7.06. The molecule has 0 spiro atoms. The third kappa shape index (κ3) is 3.41. The van der Waals surface area contributed by atoms with Crippen LogP contribution in [0.3, 0.4) is 0 Å². The Labute approximate surface area is 165 Å². The Morgan fingerprint density at radius 3 is 2.63 bits per heavy atom. The van der Waals surface area contributed by atoms with Crippen molar-refractivity contribution in [2.75, 3.05) is 10.6 Å². The molecule has 1 aliphatic heterocycles. The van der Waals surface area contributed by atoms with Crippen molar-refractivity contribution < 1.29 is 9.59 Å². The van der Waals surface area contributed by atoms with Gasteiger partial charge in [0, 0.05) is 10.6 Å². The SMILES string of the molecule is O=C1C[C@H](C(=O)Nc2ccccc2Cl)n2ncc(-c3ccc(Cl)cc3)c2N1. The van der Waals surface area contributed by atoms with E-state index in [1.165, 1.54) is 4.68 Å². The Bertz CT molecular complexity index is 1030. The first-order valence-electron chi connectivity index (χ1n) is 8.21. The van der Waals surface area contributed by atoms with Gasteiger partial charge in [0.05, 0.1) is 23.3 Å². The minimum Gasteiger partial charge on any atom is -0.323 e. The lowest BCUT2D eigenvalue weighted by Crippen LogP contribution is -2.35. The molecule has 1 atom stereocenters. The zero-order valence-corrected chi connectivity index (χ0v) is 15.5. The first kappa shape index (κ1) is 17.6. The summed E-state index contributed by atoms with van der Waals surface area (Å²) >= 11 is 12.0. The minimum atomic E-state index is -0.772. The molecular formula is C19H14Cl2N4O2. The maximum Gasteiger partial charge on any atom is 0.249 e. The van der Waals surface area contributed by atoms with Crippen LogP contribution in [0, 0.1) is 0 Å². The molecule has 0 aliphatic carbocycles. The maximum atomic E-state index is 12.8. The van der Waals surface area contributed by atoms with Gasteiger partial charge in [-0.15, -0.1) is 0 Å². The van der Waals surface area contributed by atoms with E-state index in [9.17, 15) is 9.59 Å². The quantitative estimate of drug-likeness (QED) is 0.684. The van der Waals surface area contributed by atoms with Gasteiger partial charge in [0.15, 0.2) is 0 Å². The van der Waals surface area contributed by atoms with E-state index in [4.69, 9.17) is 23.2 Å². The summed E-state index contributed by atoms with van der Waals surface area (Å²) in [5, 5.41) is 10.9. The van der Waals surface area contributed by atoms with Gasteiger partial charge >= 0.3 is 0 Å². The van der Waals surface area contributed by atoms with Crippen LogP contribution in [-0.4, -0.2) is 21.6 Å². The summed E-state index contributed by atoms with van der Waals surface area (Å²) < 4.78 is 1.53. The van der Waals surface area contributed by atoms with Crippen LogP contribution in [-0.2, 0) is 9.59 Å². The summed E-state index contributed by atoms with van der Waals surface area (Å²) in [6.45, 7) is 0. The molecule has 2 amide bonds. The van der Waals surface area contributed by atoms with E-state index in [2.05, 4.69) is 15.7 Å². The molecule has 2 heterocycles. The number of carbonyl (C=O) groups is 2. The molecule has 0 saturated heterocycles. The average Bonchev–Trinajstić information content (AvgIpc) is 3.07. The van der Waals surface area contributed by atoms with E-state index in [-0.39, 0.29) is 18.2 Å². The van der Waals surface area contributed by atoms with E-state index in [1.807, 2.05) is 12.1 Å². The van der Waals surface area contributed by atoms with Crippen LogP contribution in [0.5, 0.6) is 0 Å². The Kier molecular flexibility index (Phi) is 4.59. The van der Waals surface area contributed by atoms with E-state index < -0.39 is 6.04 Å². The number of carbonyl (C=O) groups excluding carboxylic acids is 2. The van der Waals surface area contributed by atoms with Crippen LogP contribution in [0.1, 0.15) is 12.5 Å². The molecule has 4 rings (SSSR count). The van der Waals surface area contributed by atoms with Gasteiger partial charge in [0.25, 0.3) is 0 Å². The van der Waals surface area contributed by atoms with Crippen molar-refractivity contribution in [3.63, 3.8) is 0 Å². The topological polar surface area (TPSA) is 76.0 Å². The Morgan fingerprint density at radius 2 is 1.89 bits per heavy atom. The molecule has 1 aliphatic rings. The molecule has 136 valence electrons. The number of hydrogen-bond acceptors (Lipinski definition) is 3. The fourth-order valence-corrected chi connectivity index (χ4v) is 3.30. The van der Waals surface area contributed by atoms with Crippen LogP contribution < -0.4 is 10.6 Å². The first-order chi connectivity index (χ1) is 13.0. The van der Waals surface area contributed by atoms with E-state index in [0.29, 0.717) is 21.6 Å². The molecule has 0 bridgehead atoms. The van der Waals surface area contributed by atoms with Crippen molar-refractivity contribution >= 4 is 46.5 Å². The highest BCUT2D eigenvalue weighted by atomic mass is 35.5. The number of benzene rings is 2. The van der Waals surface area contributed by atoms with Crippen LogP contribution in [0.4, 0.5) is 11.5 Å². The fourth-order valence-electron chi connectivity index (χ4n) is 2.99. The van der Waals surface area contributed by atoms with E-state index in [0.717, 1.165) is 11.1 Å². The summed E-state index contributed by atoms with van der Waals surface area (Å²) in [6.07, 6.45) is 1.62. The molecule has 0 unspecified atom stereocenters. The fraction of sp³-hybridized carbons (Fsp3) is 0.105. The molecule has 0 fully saturated rings. The van der Waals surface area contributed by atoms with E-state index >= 15 is 0 Å². The Balaban J connectivity index is 1.67. The van der Waals surface area contributed by atoms with Crippen molar-refractivity contribution in [2.45, 2.75) is 12.5 Å². The lowest BCUT2D eigenvalue weighted by Gasteiger charge is -2.24. The number of amides is 2. The molecule has 2 aromatic carbocycles. The molecule has 8 heteroatoms. The Morgan fingerprint density at radius 1 is 1.15 bits per heavy atom. The third-order valence-corrected chi connectivity index (χ3v) is 4.90. The molecule has 1 aromatic heterocycles. The first-order valence-corrected chi connectivity index (χ1v) is 8.97. The van der Waals surface area contributed by atoms with Crippen molar-refractivity contribution in [1.29, 1.82) is 0 Å². The predicted molar refractivity (Wildman–Crippen MR) is 105 cm³/mol. The van der Waals surface area contributed by atoms with Crippen molar-refractivity contribution in [3.05, 3.63) is 64.8 Å². The largest absolute Gasteiger partial charge is 0.323 e. The summed E-state index contributed by atoms with van der Waals surface area (Å²) in [5.74, 6) is -0.129. The zero-order chi connectivity index (χ0) is 19.0. The van der Waals surface area contributed by atoms with Crippen LogP contribution in [0.25, 0.3) is 11.1 Å². The second-order valence-corrected chi connectivity index (χ2v) is 6.94. The summed E-state index contributed by atoms with van der Waals surface area (Å²) in [6, 6.07) is 13.3. The highest BCUT2D eigenvalue weighted by molar-refractivity contribution is 6.33. The standard InChI is InChI=1S/C19H14Cl2N4O2/c20-12-7-5-11(6-8-12)13-10-22-25-16(9-17(26)24-18(13)25)19(27)23-15-4-2-1-3-14(15)21/h1-8,10,16H,9H2,(H,23,27)(H,24,26)/t16-/m1/s1. The van der Waals surface area contributed by atoms with Gasteiger partial charge in [0.1, 0.15) is 11.9 Å². The predicted octanol–water partition coefficient (Wildman–Crippen LogP) is 4.38. The molecule has 6 nitrogen and oxygen atoms in total. The lowest BCUT2D eigenvalue weighted by atomic mass is 10.1. The van der Waals surface area contributed by atoms with Crippen molar-refractivity contribution in [1.82, 2.24) is 9.78 Å². The number of aromatic nitrogens is 2. The number of nitrogens with zero attached hydrogens (tertiary/aromatic N) is 2. The monoisotopic (exact) mass is 400 g/mol. The Hall–Kier alpha value is -2.83. The number of halogens is 2. The third-order valence-electron chi connectivity index (χ3n) is 4.32. The smallest absolute Gasteiger partial charge is 0.249 e. The van der Waals surface area contributed by atoms with Gasteiger partial charge in [-0.05, 0) is 29.8 Å². The van der Waals surface area contributed by atoms with Crippen molar-refractivity contribution in [3.8, 4) is 11.1 Å².